The minimum Gasteiger partial charge on any atom is -0.398 e. The fourth-order valence-electron chi connectivity index (χ4n) is 1.70. The molecule has 16 heavy (non-hydrogen) atoms. The summed E-state index contributed by atoms with van der Waals surface area (Å²) in [5.41, 5.74) is 6.49. The van der Waals surface area contributed by atoms with Gasteiger partial charge in [0.15, 0.2) is 0 Å². The average Bonchev–Trinajstić information content (AvgIpc) is 2.23. The van der Waals surface area contributed by atoms with Gasteiger partial charge in [0.1, 0.15) is 0 Å². The SMILES string of the molecule is Nc1ccc(N2C(=O)CCCC2=O)cc1Cl. The molecule has 0 unspecified atom stereocenters. The predicted molar refractivity (Wildman–Crippen MR) is 62.2 cm³/mol. The first-order valence-electron chi connectivity index (χ1n) is 5.00. The van der Waals surface area contributed by atoms with Gasteiger partial charge < -0.3 is 5.73 Å². The number of halogens is 1. The van der Waals surface area contributed by atoms with Gasteiger partial charge >= 0.3 is 0 Å². The first-order chi connectivity index (χ1) is 7.59. The third kappa shape index (κ3) is 1.88. The zero-order chi connectivity index (χ0) is 11.7. The van der Waals surface area contributed by atoms with Crippen molar-refractivity contribution >= 4 is 34.8 Å². The van der Waals surface area contributed by atoms with Crippen molar-refractivity contribution in [2.24, 2.45) is 0 Å². The Kier molecular flexibility index (Phi) is 2.83. The van der Waals surface area contributed by atoms with Crippen LogP contribution in [-0.2, 0) is 9.59 Å². The summed E-state index contributed by atoms with van der Waals surface area (Å²) in [6.45, 7) is 0. The van der Waals surface area contributed by atoms with E-state index in [1.165, 1.54) is 11.0 Å². The molecule has 1 aliphatic heterocycles. The lowest BCUT2D eigenvalue weighted by Crippen LogP contribution is -2.40. The molecule has 0 saturated carbocycles. The van der Waals surface area contributed by atoms with E-state index in [9.17, 15) is 9.59 Å². The molecule has 1 aromatic rings. The van der Waals surface area contributed by atoms with E-state index >= 15 is 0 Å². The topological polar surface area (TPSA) is 63.4 Å². The second kappa shape index (κ2) is 4.14. The molecular weight excluding hydrogens is 228 g/mol. The molecule has 2 amide bonds. The van der Waals surface area contributed by atoms with E-state index in [0.717, 1.165) is 0 Å². The standard InChI is InChI=1S/C11H11ClN2O2/c12-8-6-7(4-5-9(8)13)14-10(15)2-1-3-11(14)16/h4-6H,1-3,13H2. The Balaban J connectivity index is 2.38. The van der Waals surface area contributed by atoms with Gasteiger partial charge in [0, 0.05) is 12.8 Å². The number of nitrogens with zero attached hydrogens (tertiary/aromatic N) is 1. The van der Waals surface area contributed by atoms with Crippen LogP contribution in [0.5, 0.6) is 0 Å². The van der Waals surface area contributed by atoms with Crippen LogP contribution in [0.2, 0.25) is 5.02 Å². The lowest BCUT2D eigenvalue weighted by molar-refractivity contribution is -0.129. The molecule has 1 aromatic carbocycles. The van der Waals surface area contributed by atoms with E-state index in [1.54, 1.807) is 12.1 Å². The summed E-state index contributed by atoms with van der Waals surface area (Å²) >= 11 is 5.85. The molecule has 1 heterocycles. The van der Waals surface area contributed by atoms with Gasteiger partial charge in [0.2, 0.25) is 11.8 Å². The van der Waals surface area contributed by atoms with Crippen LogP contribution in [0, 0.1) is 0 Å². The highest BCUT2D eigenvalue weighted by Crippen LogP contribution is 2.28. The zero-order valence-electron chi connectivity index (χ0n) is 8.57. The minimum atomic E-state index is -0.183. The molecule has 2 N–H and O–H groups in total. The molecule has 0 radical (unpaired) electrons. The van der Waals surface area contributed by atoms with Gasteiger partial charge in [-0.3, -0.25) is 14.5 Å². The van der Waals surface area contributed by atoms with Gasteiger partial charge in [-0.05, 0) is 24.6 Å². The van der Waals surface area contributed by atoms with Crippen molar-refractivity contribution in [3.63, 3.8) is 0 Å². The molecule has 1 aliphatic rings. The van der Waals surface area contributed by atoms with Crippen molar-refractivity contribution < 1.29 is 9.59 Å². The van der Waals surface area contributed by atoms with Crippen molar-refractivity contribution in [2.75, 3.05) is 10.6 Å². The fourth-order valence-corrected chi connectivity index (χ4v) is 1.87. The monoisotopic (exact) mass is 238 g/mol. The van der Waals surface area contributed by atoms with Gasteiger partial charge in [-0.1, -0.05) is 11.6 Å². The van der Waals surface area contributed by atoms with Gasteiger partial charge in [-0.2, -0.15) is 0 Å². The molecule has 1 fully saturated rings. The van der Waals surface area contributed by atoms with Gasteiger partial charge in [-0.25, -0.2) is 0 Å². The van der Waals surface area contributed by atoms with Crippen molar-refractivity contribution in [3.8, 4) is 0 Å². The Bertz CT molecular complexity index is 443. The maximum Gasteiger partial charge on any atom is 0.233 e. The van der Waals surface area contributed by atoms with E-state index in [4.69, 9.17) is 17.3 Å². The number of imide groups is 1. The number of rotatable bonds is 1. The Labute approximate surface area is 98.0 Å². The molecule has 2 rings (SSSR count). The summed E-state index contributed by atoms with van der Waals surface area (Å²) < 4.78 is 0. The minimum absolute atomic E-state index is 0.183. The molecule has 1 saturated heterocycles. The van der Waals surface area contributed by atoms with E-state index in [2.05, 4.69) is 0 Å². The van der Waals surface area contributed by atoms with E-state index in [1.807, 2.05) is 0 Å². The summed E-state index contributed by atoms with van der Waals surface area (Å²) in [6.07, 6.45) is 1.42. The average molecular weight is 239 g/mol. The number of nitrogens with two attached hydrogens (primary N) is 1. The second-order valence-electron chi connectivity index (χ2n) is 3.68. The number of nitrogen functional groups attached to an aromatic ring is 1. The highest BCUT2D eigenvalue weighted by molar-refractivity contribution is 6.33. The molecule has 0 atom stereocenters. The van der Waals surface area contributed by atoms with Crippen LogP contribution in [0.25, 0.3) is 0 Å². The number of hydrogen-bond acceptors (Lipinski definition) is 3. The molecule has 5 heteroatoms. The Hall–Kier alpha value is -1.55. The second-order valence-corrected chi connectivity index (χ2v) is 4.09. The van der Waals surface area contributed by atoms with Gasteiger partial charge in [0.25, 0.3) is 0 Å². The summed E-state index contributed by atoms with van der Waals surface area (Å²) in [5, 5.41) is 0.351. The number of hydrogen-bond donors (Lipinski definition) is 1. The predicted octanol–water partition coefficient (Wildman–Crippen LogP) is 1.97. The lowest BCUT2D eigenvalue weighted by Gasteiger charge is -2.25. The van der Waals surface area contributed by atoms with E-state index in [-0.39, 0.29) is 11.8 Å². The Morgan fingerprint density at radius 1 is 1.19 bits per heavy atom. The van der Waals surface area contributed by atoms with Crippen molar-refractivity contribution in [1.29, 1.82) is 0 Å². The molecule has 84 valence electrons. The Morgan fingerprint density at radius 2 is 1.81 bits per heavy atom. The summed E-state index contributed by atoms with van der Waals surface area (Å²) in [7, 11) is 0. The molecule has 4 nitrogen and oxygen atoms in total. The van der Waals surface area contributed by atoms with Gasteiger partial charge in [0.05, 0.1) is 16.4 Å². The quantitative estimate of drug-likeness (QED) is 0.601. The summed E-state index contributed by atoms with van der Waals surface area (Å²) in [5.74, 6) is -0.367. The number of piperidine rings is 1. The number of amides is 2. The van der Waals surface area contributed by atoms with Crippen LogP contribution < -0.4 is 10.6 Å². The summed E-state index contributed by atoms with van der Waals surface area (Å²) in [4.78, 5) is 24.4. The first kappa shape index (κ1) is 11.0. The first-order valence-corrected chi connectivity index (χ1v) is 5.38. The molecular formula is C11H11ClN2O2. The zero-order valence-corrected chi connectivity index (χ0v) is 9.33. The summed E-state index contributed by atoms with van der Waals surface area (Å²) in [6, 6.07) is 4.76. The third-order valence-corrected chi connectivity index (χ3v) is 2.85. The van der Waals surface area contributed by atoms with Crippen LogP contribution in [0.1, 0.15) is 19.3 Å². The number of carbonyl (C=O) groups excluding carboxylic acids is 2. The smallest absolute Gasteiger partial charge is 0.233 e. The van der Waals surface area contributed by atoms with Crippen molar-refractivity contribution in [2.45, 2.75) is 19.3 Å². The third-order valence-electron chi connectivity index (χ3n) is 2.52. The maximum atomic E-state index is 11.6. The molecule has 0 bridgehead atoms. The highest BCUT2D eigenvalue weighted by Gasteiger charge is 2.27. The van der Waals surface area contributed by atoms with E-state index < -0.39 is 0 Å². The van der Waals surface area contributed by atoms with Crippen LogP contribution in [0.3, 0.4) is 0 Å². The molecule has 0 aromatic heterocycles. The van der Waals surface area contributed by atoms with Crippen LogP contribution in [-0.4, -0.2) is 11.8 Å². The molecule has 0 aliphatic carbocycles. The lowest BCUT2D eigenvalue weighted by atomic mass is 10.1. The van der Waals surface area contributed by atoms with Crippen LogP contribution in [0.4, 0.5) is 11.4 Å². The maximum absolute atomic E-state index is 11.6. The van der Waals surface area contributed by atoms with Crippen molar-refractivity contribution in [3.05, 3.63) is 23.2 Å². The van der Waals surface area contributed by atoms with Crippen LogP contribution >= 0.6 is 11.6 Å². The van der Waals surface area contributed by atoms with Crippen LogP contribution in [0.15, 0.2) is 18.2 Å². The largest absolute Gasteiger partial charge is 0.398 e. The van der Waals surface area contributed by atoms with Gasteiger partial charge in [-0.15, -0.1) is 0 Å². The highest BCUT2D eigenvalue weighted by atomic mass is 35.5. The normalized spacial score (nSPS) is 16.7. The molecule has 0 spiro atoms. The number of carbonyl (C=O) groups is 2. The fraction of sp³-hybridized carbons (Fsp3) is 0.273. The van der Waals surface area contributed by atoms with Crippen molar-refractivity contribution in [1.82, 2.24) is 0 Å². The Morgan fingerprint density at radius 3 is 2.38 bits per heavy atom. The number of benzene rings is 1. The van der Waals surface area contributed by atoms with E-state index in [0.29, 0.717) is 35.7 Å². The number of anilines is 2.